The van der Waals surface area contributed by atoms with Crippen molar-refractivity contribution >= 4 is 42.9 Å². The van der Waals surface area contributed by atoms with Crippen molar-refractivity contribution in [3.63, 3.8) is 0 Å². The standard InChI is InChI=1S/C22H16BrN3/c23-22(24)26-21-20(9-4-14-25-21)17-12-10-16(11-13-17)19-8-3-6-15-5-1-2-7-18(15)19/h1-14H,(H2,24,25,26)/p+1. The minimum Gasteiger partial charge on any atom is -0.276 e. The van der Waals surface area contributed by atoms with Crippen LogP contribution in [0.25, 0.3) is 27.5 Å². The summed E-state index contributed by atoms with van der Waals surface area (Å²) in [5, 5.41) is 12.0. The number of aliphatic imine (C=N–C) groups is 1. The smallest absolute Gasteiger partial charge is 0.239 e. The molecule has 0 saturated carbocycles. The molecule has 3 nitrogen and oxygen atoms in total. The van der Waals surface area contributed by atoms with Crippen molar-refractivity contribution in [2.24, 2.45) is 4.99 Å². The van der Waals surface area contributed by atoms with E-state index in [0.29, 0.717) is 0 Å². The van der Waals surface area contributed by atoms with Crippen molar-refractivity contribution in [3.8, 4) is 11.1 Å². The minimum absolute atomic E-state index is 0.123. The molecule has 0 fully saturated rings. The fraction of sp³-hybridized carbons (Fsp3) is 0. The van der Waals surface area contributed by atoms with Crippen molar-refractivity contribution in [1.29, 1.82) is 5.41 Å². The van der Waals surface area contributed by atoms with Crippen LogP contribution in [0.2, 0.25) is 0 Å². The molecule has 26 heavy (non-hydrogen) atoms. The molecular weight excluding hydrogens is 386 g/mol. The van der Waals surface area contributed by atoms with E-state index < -0.39 is 0 Å². The van der Waals surface area contributed by atoms with Gasteiger partial charge in [0.25, 0.3) is 0 Å². The van der Waals surface area contributed by atoms with Gasteiger partial charge < -0.3 is 0 Å². The van der Waals surface area contributed by atoms with Gasteiger partial charge in [0.1, 0.15) is 0 Å². The van der Waals surface area contributed by atoms with Gasteiger partial charge in [-0.05, 0) is 55.5 Å². The number of amidine groups is 2. The summed E-state index contributed by atoms with van der Waals surface area (Å²) in [5.41, 5.74) is 4.52. The molecule has 126 valence electrons. The number of hydrogen-bond donors (Lipinski definition) is 2. The van der Waals surface area contributed by atoms with Crippen LogP contribution in [0.15, 0.2) is 90.1 Å². The molecule has 4 heteroatoms. The molecule has 0 bridgehead atoms. The second kappa shape index (κ2) is 7.20. The van der Waals surface area contributed by atoms with Crippen LogP contribution < -0.4 is 5.32 Å². The molecule has 0 aliphatic carbocycles. The Hall–Kier alpha value is -2.82. The fourth-order valence-corrected chi connectivity index (χ4v) is 3.42. The molecule has 3 aromatic rings. The summed E-state index contributed by atoms with van der Waals surface area (Å²) in [4.78, 5) is 4.26. The number of rotatable bonds is 2. The highest BCUT2D eigenvalue weighted by molar-refractivity contribution is 9.18. The van der Waals surface area contributed by atoms with Crippen molar-refractivity contribution in [2.45, 2.75) is 0 Å². The Balaban J connectivity index is 1.74. The highest BCUT2D eigenvalue weighted by Crippen LogP contribution is 2.29. The monoisotopic (exact) mass is 402 g/mol. The van der Waals surface area contributed by atoms with E-state index in [2.05, 4.69) is 87.7 Å². The highest BCUT2D eigenvalue weighted by Gasteiger charge is 2.16. The zero-order valence-corrected chi connectivity index (χ0v) is 15.6. The predicted molar refractivity (Wildman–Crippen MR) is 113 cm³/mol. The molecule has 3 aromatic carbocycles. The summed E-state index contributed by atoms with van der Waals surface area (Å²) in [7, 11) is 0. The highest BCUT2D eigenvalue weighted by atomic mass is 79.9. The van der Waals surface area contributed by atoms with Crippen molar-refractivity contribution in [1.82, 2.24) is 0 Å². The lowest BCUT2D eigenvalue weighted by Gasteiger charge is -2.11. The third-order valence-electron chi connectivity index (χ3n) is 4.42. The van der Waals surface area contributed by atoms with Gasteiger partial charge in [0.05, 0.1) is 11.8 Å². The number of nitrogens with one attached hydrogen (secondary N) is 1. The van der Waals surface area contributed by atoms with Crippen LogP contribution in [0.4, 0.5) is 0 Å². The van der Waals surface area contributed by atoms with Crippen LogP contribution in [0.5, 0.6) is 0 Å². The van der Waals surface area contributed by atoms with Crippen LogP contribution in [0.1, 0.15) is 5.56 Å². The lowest BCUT2D eigenvalue weighted by Crippen LogP contribution is -2.83. The molecule has 1 aliphatic heterocycles. The van der Waals surface area contributed by atoms with Crippen molar-refractivity contribution in [3.05, 3.63) is 90.6 Å². The summed E-state index contributed by atoms with van der Waals surface area (Å²) in [6.07, 6.45) is 5.95. The molecular formula is C22H17BrN3+. The summed E-state index contributed by atoms with van der Waals surface area (Å²) in [6, 6.07) is 23.4. The van der Waals surface area contributed by atoms with Gasteiger partial charge in [0.15, 0.2) is 4.74 Å². The summed E-state index contributed by atoms with van der Waals surface area (Å²) in [5.74, 6) is 0.785. The first-order chi connectivity index (χ1) is 12.7. The van der Waals surface area contributed by atoms with Gasteiger partial charge >= 0.3 is 0 Å². The Morgan fingerprint density at radius 3 is 2.42 bits per heavy atom. The number of nitrogens with zero attached hydrogens (tertiary/aromatic N) is 1. The van der Waals surface area contributed by atoms with Crippen LogP contribution in [-0.2, 0) is 0 Å². The molecule has 4 rings (SSSR count). The van der Waals surface area contributed by atoms with Gasteiger partial charge in [-0.3, -0.25) is 10.7 Å². The average molecular weight is 403 g/mol. The van der Waals surface area contributed by atoms with E-state index in [-0.39, 0.29) is 4.74 Å². The molecule has 0 aromatic heterocycles. The number of halogens is 1. The maximum Gasteiger partial charge on any atom is 0.239 e. The quantitative estimate of drug-likeness (QED) is 0.354. The number of quaternary nitrogens is 1. The molecule has 0 amide bonds. The van der Waals surface area contributed by atoms with Gasteiger partial charge in [0, 0.05) is 0 Å². The zero-order valence-electron chi connectivity index (χ0n) is 14.0. The Bertz CT molecular complexity index is 1070. The van der Waals surface area contributed by atoms with E-state index in [4.69, 9.17) is 5.41 Å². The lowest BCUT2D eigenvalue weighted by atomic mass is 9.95. The first kappa shape index (κ1) is 16.6. The maximum atomic E-state index is 7.56. The predicted octanol–water partition coefficient (Wildman–Crippen LogP) is 4.71. The molecule has 0 radical (unpaired) electrons. The summed E-state index contributed by atoms with van der Waals surface area (Å²) < 4.78 is 0.123. The molecule has 3 N–H and O–H groups in total. The van der Waals surface area contributed by atoms with Gasteiger partial charge in [0.2, 0.25) is 5.84 Å². The van der Waals surface area contributed by atoms with Gasteiger partial charge in [-0.2, -0.15) is 4.99 Å². The van der Waals surface area contributed by atoms with E-state index in [1.54, 1.807) is 0 Å². The topological polar surface area (TPSA) is 52.8 Å². The normalized spacial score (nSPS) is 15.3. The SMILES string of the molecule is N=C(Br)/N=C1\[NH2+]C=CC=C1c1ccc(-c2cccc3ccccc23)cc1. The minimum atomic E-state index is 0.123. The maximum absolute atomic E-state index is 7.56. The van der Waals surface area contributed by atoms with E-state index in [9.17, 15) is 0 Å². The number of hydrogen-bond acceptors (Lipinski definition) is 1. The summed E-state index contributed by atoms with van der Waals surface area (Å²) in [6.45, 7) is 0. The van der Waals surface area contributed by atoms with Crippen LogP contribution in [0, 0.1) is 5.41 Å². The Morgan fingerprint density at radius 2 is 1.62 bits per heavy atom. The first-order valence-corrected chi connectivity index (χ1v) is 9.15. The van der Waals surface area contributed by atoms with E-state index in [1.165, 1.54) is 21.9 Å². The number of nitrogens with two attached hydrogens (primary N) is 1. The number of allylic oxidation sites excluding steroid dienone is 2. The van der Waals surface area contributed by atoms with E-state index in [0.717, 1.165) is 17.0 Å². The van der Waals surface area contributed by atoms with Gasteiger partial charge in [-0.1, -0.05) is 66.7 Å². The third-order valence-corrected chi connectivity index (χ3v) is 4.60. The largest absolute Gasteiger partial charge is 0.276 e. The average Bonchev–Trinajstić information content (AvgIpc) is 2.68. The van der Waals surface area contributed by atoms with Crippen LogP contribution in [-0.4, -0.2) is 10.6 Å². The molecule has 1 heterocycles. The Kier molecular flexibility index (Phi) is 4.61. The second-order valence-corrected chi connectivity index (χ2v) is 6.77. The Morgan fingerprint density at radius 1 is 0.885 bits per heavy atom. The van der Waals surface area contributed by atoms with E-state index in [1.807, 2.05) is 23.7 Å². The van der Waals surface area contributed by atoms with Crippen LogP contribution >= 0.6 is 15.9 Å². The van der Waals surface area contributed by atoms with Crippen molar-refractivity contribution in [2.75, 3.05) is 0 Å². The number of benzene rings is 3. The second-order valence-electron chi connectivity index (χ2n) is 6.02. The Labute approximate surface area is 160 Å². The van der Waals surface area contributed by atoms with E-state index >= 15 is 0 Å². The molecule has 0 saturated heterocycles. The third kappa shape index (κ3) is 3.29. The van der Waals surface area contributed by atoms with Gasteiger partial charge in [-0.15, -0.1) is 0 Å². The van der Waals surface area contributed by atoms with Crippen molar-refractivity contribution < 1.29 is 5.32 Å². The molecule has 0 atom stereocenters. The first-order valence-electron chi connectivity index (χ1n) is 8.36. The molecule has 1 aliphatic rings. The zero-order chi connectivity index (χ0) is 17.9. The van der Waals surface area contributed by atoms with Gasteiger partial charge in [-0.25, -0.2) is 0 Å². The number of fused-ring (bicyclic) bond motifs is 1. The lowest BCUT2D eigenvalue weighted by molar-refractivity contribution is -0.459. The molecule has 0 spiro atoms. The summed E-state index contributed by atoms with van der Waals surface area (Å²) >= 11 is 3.10. The van der Waals surface area contributed by atoms with Crippen LogP contribution in [0.3, 0.4) is 0 Å². The molecule has 0 unspecified atom stereocenters. The fourth-order valence-electron chi connectivity index (χ4n) is 3.23.